The van der Waals surface area contributed by atoms with Gasteiger partial charge in [0.2, 0.25) is 5.91 Å². The fourth-order valence-electron chi connectivity index (χ4n) is 7.40. The van der Waals surface area contributed by atoms with Crippen LogP contribution in [0.2, 0.25) is 0 Å². The van der Waals surface area contributed by atoms with Crippen LogP contribution in [-0.2, 0) is 14.3 Å². The zero-order chi connectivity index (χ0) is 45.2. The summed E-state index contributed by atoms with van der Waals surface area (Å²) < 4.78 is 5.91. The number of rotatable bonds is 45. The third-order valence-electron chi connectivity index (χ3n) is 11.3. The molecule has 0 radical (unpaired) electrons. The van der Waals surface area contributed by atoms with E-state index in [1.807, 2.05) is 6.08 Å². The van der Waals surface area contributed by atoms with Gasteiger partial charge in [0.25, 0.3) is 0 Å². The first-order valence-corrected chi connectivity index (χ1v) is 25.9. The lowest BCUT2D eigenvalue weighted by Crippen LogP contribution is -2.46. The van der Waals surface area contributed by atoms with Crippen LogP contribution in [0.1, 0.15) is 233 Å². The number of nitrogens with one attached hydrogen (secondary N) is 1. The van der Waals surface area contributed by atoms with Crippen molar-refractivity contribution in [1.82, 2.24) is 5.32 Å². The maximum absolute atomic E-state index is 13.2. The van der Waals surface area contributed by atoms with Crippen LogP contribution < -0.4 is 5.32 Å². The Bertz CT molecular complexity index is 1200. The lowest BCUT2D eigenvalue weighted by molar-refractivity contribution is -0.151. The van der Waals surface area contributed by atoms with Crippen molar-refractivity contribution in [1.29, 1.82) is 0 Å². The van der Waals surface area contributed by atoms with E-state index in [4.69, 9.17) is 4.74 Å². The fourth-order valence-corrected chi connectivity index (χ4v) is 7.40. The number of carbonyl (C=O) groups excluding carboxylic acids is 2. The summed E-state index contributed by atoms with van der Waals surface area (Å²) in [4.78, 5) is 26.1. The second kappa shape index (κ2) is 49.1. The number of hydrogen-bond acceptors (Lipinski definition) is 5. The van der Waals surface area contributed by atoms with Crippen LogP contribution in [0.5, 0.6) is 0 Å². The number of hydrogen-bond donors (Lipinski definition) is 3. The van der Waals surface area contributed by atoms with Gasteiger partial charge in [0.15, 0.2) is 0 Å². The van der Waals surface area contributed by atoms with E-state index >= 15 is 0 Å². The van der Waals surface area contributed by atoms with Gasteiger partial charge in [-0.2, -0.15) is 0 Å². The first-order chi connectivity index (χ1) is 30.5. The Kier molecular flexibility index (Phi) is 46.7. The summed E-state index contributed by atoms with van der Waals surface area (Å²) in [6.45, 7) is 6.31. The average molecular weight is 864 g/mol. The van der Waals surface area contributed by atoms with Gasteiger partial charge in [0, 0.05) is 6.42 Å². The fraction of sp³-hybridized carbons (Fsp3) is 0.714. The lowest BCUT2D eigenvalue weighted by Gasteiger charge is -2.24. The van der Waals surface area contributed by atoms with Gasteiger partial charge in [-0.25, -0.2) is 0 Å². The highest BCUT2D eigenvalue weighted by atomic mass is 16.5. The zero-order valence-electron chi connectivity index (χ0n) is 40.5. The molecule has 0 rings (SSSR count). The van der Waals surface area contributed by atoms with Crippen LogP contribution in [0, 0.1) is 0 Å². The minimum Gasteiger partial charge on any atom is -0.462 e. The Morgan fingerprint density at radius 1 is 0.500 bits per heavy atom. The molecule has 0 aliphatic rings. The number of ether oxygens (including phenoxy) is 1. The van der Waals surface area contributed by atoms with Crippen LogP contribution in [0.4, 0.5) is 0 Å². The molecule has 3 N–H and O–H groups in total. The molecule has 6 nitrogen and oxygen atoms in total. The summed E-state index contributed by atoms with van der Waals surface area (Å²) in [5, 5.41) is 23.8. The van der Waals surface area contributed by atoms with Crippen molar-refractivity contribution < 1.29 is 24.5 Å². The largest absolute Gasteiger partial charge is 0.462 e. The zero-order valence-corrected chi connectivity index (χ0v) is 40.5. The molecule has 62 heavy (non-hydrogen) atoms. The van der Waals surface area contributed by atoms with Crippen LogP contribution >= 0.6 is 0 Å². The van der Waals surface area contributed by atoms with Crippen molar-refractivity contribution in [3.63, 3.8) is 0 Å². The molecule has 0 saturated carbocycles. The summed E-state index contributed by atoms with van der Waals surface area (Å²) in [5.74, 6) is -0.543. The summed E-state index contributed by atoms with van der Waals surface area (Å²) in [6, 6.07) is -0.723. The SMILES string of the molecule is CC/C=C/C/C=C/C/C=C/CCCCCCC(=O)OC(CCCCC/C=C/C=C/C=C/C=C/CCCCC)CC(=O)NC(CO)C(O)CCCCCCCCCCCCCCC. The van der Waals surface area contributed by atoms with Gasteiger partial charge in [-0.15, -0.1) is 0 Å². The Morgan fingerprint density at radius 3 is 1.52 bits per heavy atom. The predicted octanol–water partition coefficient (Wildman–Crippen LogP) is 15.6. The van der Waals surface area contributed by atoms with E-state index in [0.717, 1.165) is 103 Å². The number of aliphatic hydroxyl groups is 2. The van der Waals surface area contributed by atoms with E-state index in [2.05, 4.69) is 105 Å². The molecule has 0 aromatic rings. The number of carbonyl (C=O) groups is 2. The van der Waals surface area contributed by atoms with Crippen molar-refractivity contribution in [3.05, 3.63) is 85.1 Å². The van der Waals surface area contributed by atoms with Gasteiger partial charge in [-0.3, -0.25) is 9.59 Å². The summed E-state index contributed by atoms with van der Waals surface area (Å²) in [5.41, 5.74) is 0. The average Bonchev–Trinajstić information content (AvgIpc) is 3.26. The molecule has 0 aromatic heterocycles. The third-order valence-corrected chi connectivity index (χ3v) is 11.3. The van der Waals surface area contributed by atoms with E-state index in [1.165, 1.54) is 83.5 Å². The first-order valence-electron chi connectivity index (χ1n) is 25.9. The number of aliphatic hydroxyl groups excluding tert-OH is 2. The lowest BCUT2D eigenvalue weighted by atomic mass is 10.0. The maximum atomic E-state index is 13.2. The topological polar surface area (TPSA) is 95.9 Å². The molecule has 6 heteroatoms. The van der Waals surface area contributed by atoms with Gasteiger partial charge < -0.3 is 20.3 Å². The Hall–Kier alpha value is -2.96. The van der Waals surface area contributed by atoms with E-state index in [9.17, 15) is 19.8 Å². The monoisotopic (exact) mass is 864 g/mol. The molecular formula is C56H97NO5. The first kappa shape index (κ1) is 59.0. The smallest absolute Gasteiger partial charge is 0.306 e. The number of esters is 1. The summed E-state index contributed by atoms with van der Waals surface area (Å²) in [6.07, 6.45) is 63.5. The highest BCUT2D eigenvalue weighted by molar-refractivity contribution is 5.77. The molecule has 0 aliphatic heterocycles. The third kappa shape index (κ3) is 43.7. The van der Waals surface area contributed by atoms with Crippen LogP contribution in [-0.4, -0.2) is 46.9 Å². The summed E-state index contributed by atoms with van der Waals surface area (Å²) >= 11 is 0. The van der Waals surface area contributed by atoms with E-state index in [-0.39, 0.29) is 24.9 Å². The molecule has 0 spiro atoms. The molecule has 3 atom stereocenters. The van der Waals surface area contributed by atoms with Crippen molar-refractivity contribution in [3.8, 4) is 0 Å². The quantitative estimate of drug-likeness (QED) is 0.0245. The highest BCUT2D eigenvalue weighted by Crippen LogP contribution is 2.17. The van der Waals surface area contributed by atoms with Gasteiger partial charge in [0.1, 0.15) is 6.10 Å². The van der Waals surface area contributed by atoms with Crippen molar-refractivity contribution in [2.75, 3.05) is 6.61 Å². The second-order valence-electron chi connectivity index (χ2n) is 17.3. The molecule has 0 fully saturated rings. The molecule has 0 bridgehead atoms. The van der Waals surface area contributed by atoms with Crippen LogP contribution in [0.25, 0.3) is 0 Å². The Labute approximate surface area is 383 Å². The van der Waals surface area contributed by atoms with E-state index in [0.29, 0.717) is 19.3 Å². The van der Waals surface area contributed by atoms with Crippen molar-refractivity contribution in [2.24, 2.45) is 0 Å². The molecule has 0 heterocycles. The molecule has 356 valence electrons. The predicted molar refractivity (Wildman–Crippen MR) is 268 cm³/mol. The minimum absolute atomic E-state index is 0.0385. The van der Waals surface area contributed by atoms with Gasteiger partial charge in [-0.05, 0) is 83.5 Å². The number of amides is 1. The standard InChI is InChI=1S/C56H97NO5/c1-4-7-10-13-16-19-22-25-27-28-30-32-35-38-41-44-47-52(62-56(61)49-46-43-40-37-34-31-26-23-20-17-14-11-8-5-2)50-55(60)57-53(51-58)54(59)48-45-42-39-36-33-29-24-21-18-15-12-9-6-3/h8,11,16-17,19-20,22,25-28,30-32,52-54,58-59H,4-7,9-10,12-15,18,21,23-24,29,33-51H2,1-3H3,(H,57,60)/b11-8+,19-16+,20-17+,25-22+,28-27+,31-26+,32-30+. The second-order valence-corrected chi connectivity index (χ2v) is 17.3. The van der Waals surface area contributed by atoms with Crippen molar-refractivity contribution in [2.45, 2.75) is 251 Å². The molecule has 0 aromatic carbocycles. The minimum atomic E-state index is -0.806. The maximum Gasteiger partial charge on any atom is 0.306 e. The molecule has 0 saturated heterocycles. The summed E-state index contributed by atoms with van der Waals surface area (Å²) in [7, 11) is 0. The van der Waals surface area contributed by atoms with Crippen LogP contribution in [0.15, 0.2) is 85.1 Å². The van der Waals surface area contributed by atoms with Gasteiger partial charge in [-0.1, -0.05) is 221 Å². The molecule has 1 amide bonds. The normalized spacial score (nSPS) is 14.0. The van der Waals surface area contributed by atoms with E-state index in [1.54, 1.807) is 0 Å². The van der Waals surface area contributed by atoms with Gasteiger partial charge >= 0.3 is 5.97 Å². The highest BCUT2D eigenvalue weighted by Gasteiger charge is 2.24. The van der Waals surface area contributed by atoms with Crippen molar-refractivity contribution >= 4 is 11.9 Å². The van der Waals surface area contributed by atoms with E-state index < -0.39 is 18.2 Å². The number of unbranched alkanes of at least 4 members (excludes halogenated alkanes) is 22. The Morgan fingerprint density at radius 2 is 0.935 bits per heavy atom. The Balaban J connectivity index is 4.73. The molecule has 3 unspecified atom stereocenters. The number of allylic oxidation sites excluding steroid dienone is 14. The molecule has 0 aliphatic carbocycles. The molecular weight excluding hydrogens is 767 g/mol. The van der Waals surface area contributed by atoms with Crippen LogP contribution in [0.3, 0.4) is 0 Å². The van der Waals surface area contributed by atoms with Gasteiger partial charge in [0.05, 0.1) is 25.2 Å².